The molecule has 2 fully saturated rings. The van der Waals surface area contributed by atoms with E-state index in [0.717, 1.165) is 50.2 Å². The van der Waals surface area contributed by atoms with Crippen molar-refractivity contribution in [3.63, 3.8) is 0 Å². The van der Waals surface area contributed by atoms with E-state index in [-0.39, 0.29) is 23.3 Å². The molecule has 1 atom stereocenters. The first-order valence-corrected chi connectivity index (χ1v) is 11.8. The van der Waals surface area contributed by atoms with Gasteiger partial charge >= 0.3 is 0 Å². The summed E-state index contributed by atoms with van der Waals surface area (Å²) < 4.78 is 0. The predicted molar refractivity (Wildman–Crippen MR) is 126 cm³/mol. The molecule has 1 aromatic carbocycles. The Morgan fingerprint density at radius 2 is 1.66 bits per heavy atom. The first-order chi connectivity index (χ1) is 15.5. The van der Waals surface area contributed by atoms with Crippen LogP contribution >= 0.6 is 0 Å². The topological polar surface area (TPSA) is 65.5 Å². The second-order valence-corrected chi connectivity index (χ2v) is 9.32. The van der Waals surface area contributed by atoms with Gasteiger partial charge in [0.25, 0.3) is 0 Å². The Labute approximate surface area is 191 Å². The van der Waals surface area contributed by atoms with Crippen LogP contribution in [0.5, 0.6) is 0 Å². The quantitative estimate of drug-likeness (QED) is 0.717. The summed E-state index contributed by atoms with van der Waals surface area (Å²) in [6, 6.07) is 15.9. The zero-order valence-corrected chi connectivity index (χ0v) is 19.0. The molecule has 1 saturated heterocycles. The number of carbonyl (C=O) groups excluding carboxylic acids is 2. The highest BCUT2D eigenvalue weighted by atomic mass is 16.2. The van der Waals surface area contributed by atoms with E-state index in [0.29, 0.717) is 25.9 Å². The Morgan fingerprint density at radius 1 is 0.969 bits per heavy atom. The zero-order chi connectivity index (χ0) is 22.4. The van der Waals surface area contributed by atoms with E-state index in [2.05, 4.69) is 15.2 Å². The molecular weight excluding hydrogens is 400 g/mol. The summed E-state index contributed by atoms with van der Waals surface area (Å²) in [6.45, 7) is 5.03. The molecule has 0 bridgehead atoms. The van der Waals surface area contributed by atoms with Gasteiger partial charge in [0.15, 0.2) is 0 Å². The first kappa shape index (κ1) is 22.3. The summed E-state index contributed by atoms with van der Waals surface area (Å²) in [6.07, 6.45) is 6.83. The second-order valence-electron chi connectivity index (χ2n) is 9.32. The van der Waals surface area contributed by atoms with Crippen molar-refractivity contribution in [2.75, 3.05) is 31.1 Å². The maximum absolute atomic E-state index is 13.2. The Balaban J connectivity index is 1.31. The molecule has 1 aromatic heterocycles. The molecule has 6 heteroatoms. The van der Waals surface area contributed by atoms with Crippen LogP contribution in [0.4, 0.5) is 5.82 Å². The molecular formula is C26H34N4O2. The van der Waals surface area contributed by atoms with Gasteiger partial charge in [-0.05, 0) is 42.9 Å². The summed E-state index contributed by atoms with van der Waals surface area (Å²) >= 11 is 0. The van der Waals surface area contributed by atoms with Crippen LogP contribution in [-0.2, 0) is 9.59 Å². The van der Waals surface area contributed by atoms with E-state index >= 15 is 0 Å². The minimum Gasteiger partial charge on any atom is -0.353 e. The van der Waals surface area contributed by atoms with Gasteiger partial charge in [0.05, 0.1) is 6.04 Å². The summed E-state index contributed by atoms with van der Waals surface area (Å²) in [5, 5.41) is 3.15. The molecule has 1 saturated carbocycles. The number of anilines is 1. The third kappa shape index (κ3) is 5.47. The van der Waals surface area contributed by atoms with Crippen LogP contribution in [-0.4, -0.2) is 47.9 Å². The monoisotopic (exact) mass is 434 g/mol. The average Bonchev–Trinajstić information content (AvgIpc) is 3.27. The average molecular weight is 435 g/mol. The van der Waals surface area contributed by atoms with Crippen molar-refractivity contribution in [3.05, 3.63) is 60.3 Å². The lowest BCUT2D eigenvalue weighted by molar-refractivity contribution is -0.135. The van der Waals surface area contributed by atoms with Gasteiger partial charge in [-0.2, -0.15) is 0 Å². The molecule has 2 amide bonds. The van der Waals surface area contributed by atoms with E-state index < -0.39 is 0 Å². The smallest absolute Gasteiger partial charge is 0.223 e. The van der Waals surface area contributed by atoms with Gasteiger partial charge < -0.3 is 15.1 Å². The molecule has 6 nitrogen and oxygen atoms in total. The van der Waals surface area contributed by atoms with Gasteiger partial charge in [-0.15, -0.1) is 0 Å². The van der Waals surface area contributed by atoms with Gasteiger partial charge in [-0.25, -0.2) is 4.98 Å². The summed E-state index contributed by atoms with van der Waals surface area (Å²) in [5.74, 6) is 1.21. The fraction of sp³-hybridized carbons (Fsp3) is 0.500. The molecule has 1 aliphatic carbocycles. The molecule has 32 heavy (non-hydrogen) atoms. The summed E-state index contributed by atoms with van der Waals surface area (Å²) in [5.41, 5.74) is 0.901. The van der Waals surface area contributed by atoms with E-state index in [1.165, 1.54) is 0 Å². The summed E-state index contributed by atoms with van der Waals surface area (Å²) in [7, 11) is 0. The molecule has 2 aromatic rings. The van der Waals surface area contributed by atoms with E-state index in [1.54, 1.807) is 6.20 Å². The standard InChI is InChI=1S/C26H34N4O2/c1-21(22-9-3-2-4-10-22)28-24(31)19-26(12-6-7-13-26)20-25(32)30-17-15-29(16-18-30)23-11-5-8-14-27-23/h2-5,8-11,14,21H,6-7,12-13,15-20H2,1H3,(H,28,31). The highest BCUT2D eigenvalue weighted by Crippen LogP contribution is 2.44. The third-order valence-corrected chi connectivity index (χ3v) is 7.01. The normalized spacial score (nSPS) is 18.9. The lowest BCUT2D eigenvalue weighted by atomic mass is 9.78. The number of rotatable bonds is 7. The van der Waals surface area contributed by atoms with Crippen LogP contribution in [0.25, 0.3) is 0 Å². The lowest BCUT2D eigenvalue weighted by Gasteiger charge is -2.37. The van der Waals surface area contributed by atoms with Crippen LogP contribution in [0.3, 0.4) is 0 Å². The van der Waals surface area contributed by atoms with Crippen molar-refractivity contribution in [2.24, 2.45) is 5.41 Å². The number of benzene rings is 1. The van der Waals surface area contributed by atoms with Gasteiger partial charge in [-0.1, -0.05) is 49.2 Å². The lowest BCUT2D eigenvalue weighted by Crippen LogP contribution is -2.50. The minimum absolute atomic E-state index is 0.0301. The van der Waals surface area contributed by atoms with E-state index in [1.807, 2.05) is 60.4 Å². The van der Waals surface area contributed by atoms with Gasteiger partial charge in [0.2, 0.25) is 11.8 Å². The van der Waals surface area contributed by atoms with Crippen molar-refractivity contribution >= 4 is 17.6 Å². The highest BCUT2D eigenvalue weighted by molar-refractivity contribution is 5.81. The fourth-order valence-corrected chi connectivity index (χ4v) is 5.16. The molecule has 0 radical (unpaired) electrons. The molecule has 1 unspecified atom stereocenters. The van der Waals surface area contributed by atoms with Crippen LogP contribution < -0.4 is 10.2 Å². The Hall–Kier alpha value is -2.89. The number of pyridine rings is 1. The van der Waals surface area contributed by atoms with Crippen molar-refractivity contribution < 1.29 is 9.59 Å². The van der Waals surface area contributed by atoms with Crippen LogP contribution in [0.15, 0.2) is 54.7 Å². The molecule has 2 heterocycles. The molecule has 1 aliphatic heterocycles. The van der Waals surface area contributed by atoms with Gasteiger partial charge in [0, 0.05) is 45.2 Å². The van der Waals surface area contributed by atoms with Crippen molar-refractivity contribution in [2.45, 2.75) is 51.5 Å². The third-order valence-electron chi connectivity index (χ3n) is 7.01. The molecule has 170 valence electrons. The number of hydrogen-bond donors (Lipinski definition) is 1. The van der Waals surface area contributed by atoms with Crippen molar-refractivity contribution in [1.82, 2.24) is 15.2 Å². The largest absolute Gasteiger partial charge is 0.353 e. The maximum atomic E-state index is 13.2. The molecule has 0 spiro atoms. The Morgan fingerprint density at radius 3 is 2.31 bits per heavy atom. The number of hydrogen-bond acceptors (Lipinski definition) is 4. The molecule has 2 aliphatic rings. The number of carbonyl (C=O) groups is 2. The Bertz CT molecular complexity index is 889. The van der Waals surface area contributed by atoms with Crippen LogP contribution in [0.2, 0.25) is 0 Å². The number of piperazine rings is 1. The number of amides is 2. The fourth-order valence-electron chi connectivity index (χ4n) is 5.16. The van der Waals surface area contributed by atoms with E-state index in [9.17, 15) is 9.59 Å². The first-order valence-electron chi connectivity index (χ1n) is 11.8. The minimum atomic E-state index is -0.199. The van der Waals surface area contributed by atoms with E-state index in [4.69, 9.17) is 0 Å². The van der Waals surface area contributed by atoms with Gasteiger partial charge in [0.1, 0.15) is 5.82 Å². The van der Waals surface area contributed by atoms with Crippen molar-refractivity contribution in [3.8, 4) is 0 Å². The van der Waals surface area contributed by atoms with Gasteiger partial charge in [-0.3, -0.25) is 9.59 Å². The Kier molecular flexibility index (Phi) is 7.08. The maximum Gasteiger partial charge on any atom is 0.223 e. The highest BCUT2D eigenvalue weighted by Gasteiger charge is 2.39. The summed E-state index contributed by atoms with van der Waals surface area (Å²) in [4.78, 5) is 34.7. The zero-order valence-electron chi connectivity index (χ0n) is 19.0. The van der Waals surface area contributed by atoms with Crippen molar-refractivity contribution in [1.29, 1.82) is 0 Å². The second kappa shape index (κ2) is 10.2. The SMILES string of the molecule is CC(NC(=O)CC1(CC(=O)N2CCN(c3ccccn3)CC2)CCCC1)c1ccccc1. The molecule has 4 rings (SSSR count). The van der Waals surface area contributed by atoms with Crippen LogP contribution in [0.1, 0.15) is 57.1 Å². The van der Waals surface area contributed by atoms with Crippen LogP contribution in [0, 0.1) is 5.41 Å². The number of aromatic nitrogens is 1. The molecule has 1 N–H and O–H groups in total. The predicted octanol–water partition coefficient (Wildman–Crippen LogP) is 3.95. The number of nitrogens with zero attached hydrogens (tertiary/aromatic N) is 3. The number of nitrogens with one attached hydrogen (secondary N) is 1.